The lowest BCUT2D eigenvalue weighted by Crippen LogP contribution is -2.04. The van der Waals surface area contributed by atoms with E-state index < -0.39 is 0 Å². The minimum absolute atomic E-state index is 0.477. The number of benzene rings is 2. The second-order valence-electron chi connectivity index (χ2n) is 8.10. The molecule has 0 spiro atoms. The van der Waals surface area contributed by atoms with E-state index in [4.69, 9.17) is 15.5 Å². The van der Waals surface area contributed by atoms with Gasteiger partial charge in [-0.15, -0.1) is 0 Å². The predicted octanol–water partition coefficient (Wildman–Crippen LogP) is 5.87. The lowest BCUT2D eigenvalue weighted by molar-refractivity contribution is 1.03. The van der Waals surface area contributed by atoms with Gasteiger partial charge >= 0.3 is 0 Å². The van der Waals surface area contributed by atoms with Gasteiger partial charge in [0.25, 0.3) is 0 Å². The van der Waals surface area contributed by atoms with Crippen LogP contribution >= 0.6 is 0 Å². The molecule has 0 aliphatic heterocycles. The molecule has 0 amide bonds. The Balaban J connectivity index is 1.74. The number of aromatic nitrogens is 4. The SMILES string of the molecule is Cc1cc(/C=C/C#N)cc(C)c1Nc1ncc2ncn(-c3c(C)cc(/C=C/C#N)cc3C)c2n1. The van der Waals surface area contributed by atoms with Crippen molar-refractivity contribution in [3.63, 3.8) is 0 Å². The average molecular weight is 446 g/mol. The van der Waals surface area contributed by atoms with Crippen molar-refractivity contribution >= 4 is 35.0 Å². The highest BCUT2D eigenvalue weighted by atomic mass is 15.2. The third kappa shape index (κ3) is 4.41. The Morgan fingerprint density at radius 1 is 0.824 bits per heavy atom. The van der Waals surface area contributed by atoms with E-state index in [9.17, 15) is 0 Å². The molecule has 0 fully saturated rings. The van der Waals surface area contributed by atoms with Crippen LogP contribution in [0.1, 0.15) is 33.4 Å². The second-order valence-corrected chi connectivity index (χ2v) is 8.10. The van der Waals surface area contributed by atoms with Gasteiger partial charge < -0.3 is 5.32 Å². The first-order valence-corrected chi connectivity index (χ1v) is 10.7. The number of nitrogens with zero attached hydrogens (tertiary/aromatic N) is 6. The molecule has 0 bridgehead atoms. The van der Waals surface area contributed by atoms with Gasteiger partial charge in [-0.25, -0.2) is 9.97 Å². The number of hydrogen-bond acceptors (Lipinski definition) is 6. The van der Waals surface area contributed by atoms with Crippen molar-refractivity contribution < 1.29 is 0 Å². The summed E-state index contributed by atoms with van der Waals surface area (Å²) in [5.41, 5.74) is 9.44. The number of rotatable bonds is 5. The molecule has 7 heteroatoms. The van der Waals surface area contributed by atoms with E-state index in [1.54, 1.807) is 24.7 Å². The topological polar surface area (TPSA) is 103 Å². The van der Waals surface area contributed by atoms with Crippen molar-refractivity contribution in [2.24, 2.45) is 0 Å². The van der Waals surface area contributed by atoms with Gasteiger partial charge in [-0.05, 0) is 97.5 Å². The Hall–Kier alpha value is -4.75. The first-order chi connectivity index (χ1) is 16.4. The van der Waals surface area contributed by atoms with Crippen LogP contribution < -0.4 is 5.32 Å². The van der Waals surface area contributed by atoms with Crippen LogP contribution in [0.4, 0.5) is 11.6 Å². The molecule has 34 heavy (non-hydrogen) atoms. The Morgan fingerprint density at radius 2 is 1.38 bits per heavy atom. The molecule has 0 radical (unpaired) electrons. The van der Waals surface area contributed by atoms with Crippen LogP contribution in [-0.4, -0.2) is 19.5 Å². The van der Waals surface area contributed by atoms with Crippen LogP contribution in [0.2, 0.25) is 0 Å². The average Bonchev–Trinajstić information content (AvgIpc) is 3.21. The first-order valence-electron chi connectivity index (χ1n) is 10.7. The highest BCUT2D eigenvalue weighted by Gasteiger charge is 2.14. The summed E-state index contributed by atoms with van der Waals surface area (Å²) in [7, 11) is 0. The summed E-state index contributed by atoms with van der Waals surface area (Å²) < 4.78 is 1.97. The van der Waals surface area contributed by atoms with Crippen LogP contribution in [-0.2, 0) is 0 Å². The quantitative estimate of drug-likeness (QED) is 0.386. The molecular formula is C27H23N7. The lowest BCUT2D eigenvalue weighted by Gasteiger charge is -2.14. The maximum absolute atomic E-state index is 8.82. The highest BCUT2D eigenvalue weighted by molar-refractivity contribution is 5.76. The van der Waals surface area contributed by atoms with Crippen molar-refractivity contribution in [3.8, 4) is 17.8 Å². The minimum Gasteiger partial charge on any atom is -0.324 e. The molecule has 0 aliphatic rings. The van der Waals surface area contributed by atoms with Gasteiger partial charge in [0.05, 0.1) is 24.0 Å². The number of hydrogen-bond donors (Lipinski definition) is 1. The molecule has 1 N–H and O–H groups in total. The van der Waals surface area contributed by atoms with E-state index in [1.807, 2.05) is 68.7 Å². The lowest BCUT2D eigenvalue weighted by atomic mass is 10.0. The fourth-order valence-corrected chi connectivity index (χ4v) is 4.17. The molecule has 4 aromatic rings. The summed E-state index contributed by atoms with van der Waals surface area (Å²) >= 11 is 0. The second kappa shape index (κ2) is 9.40. The Bertz CT molecular complexity index is 1500. The van der Waals surface area contributed by atoms with Crippen LogP contribution in [0, 0.1) is 50.4 Å². The van der Waals surface area contributed by atoms with Crippen LogP contribution in [0.15, 0.2) is 48.9 Å². The monoisotopic (exact) mass is 445 g/mol. The number of nitriles is 2. The smallest absolute Gasteiger partial charge is 0.229 e. The maximum Gasteiger partial charge on any atom is 0.229 e. The van der Waals surface area contributed by atoms with E-state index in [0.717, 1.165) is 44.8 Å². The third-order valence-corrected chi connectivity index (χ3v) is 5.54. The van der Waals surface area contributed by atoms with Gasteiger partial charge in [0.15, 0.2) is 5.65 Å². The predicted molar refractivity (Wildman–Crippen MR) is 135 cm³/mol. The number of nitrogens with one attached hydrogen (secondary N) is 1. The van der Waals surface area contributed by atoms with Crippen LogP contribution in [0.5, 0.6) is 0 Å². The number of allylic oxidation sites excluding steroid dienone is 2. The molecule has 2 heterocycles. The molecule has 0 atom stereocenters. The molecule has 4 rings (SSSR count). The first kappa shape index (κ1) is 22.4. The van der Waals surface area contributed by atoms with E-state index >= 15 is 0 Å². The Labute approximate surface area is 198 Å². The molecule has 0 saturated heterocycles. The summed E-state index contributed by atoms with van der Waals surface area (Å²) in [5.74, 6) is 0.477. The zero-order valence-corrected chi connectivity index (χ0v) is 19.5. The van der Waals surface area contributed by atoms with Crippen molar-refractivity contribution in [1.29, 1.82) is 10.5 Å². The zero-order chi connectivity index (χ0) is 24.2. The number of aryl methyl sites for hydroxylation is 4. The molecular weight excluding hydrogens is 422 g/mol. The Morgan fingerprint density at radius 3 is 1.94 bits per heavy atom. The molecule has 0 saturated carbocycles. The molecule has 0 unspecified atom stereocenters. The molecule has 166 valence electrons. The zero-order valence-electron chi connectivity index (χ0n) is 19.5. The van der Waals surface area contributed by atoms with Crippen LogP contribution in [0.3, 0.4) is 0 Å². The summed E-state index contributed by atoms with van der Waals surface area (Å²) in [6, 6.07) is 12.2. The van der Waals surface area contributed by atoms with Crippen molar-refractivity contribution in [2.75, 3.05) is 5.32 Å². The summed E-state index contributed by atoms with van der Waals surface area (Å²) in [6.07, 6.45) is 10.0. The van der Waals surface area contributed by atoms with Crippen molar-refractivity contribution in [2.45, 2.75) is 27.7 Å². The van der Waals surface area contributed by atoms with E-state index in [1.165, 1.54) is 12.2 Å². The molecule has 2 aromatic heterocycles. The van der Waals surface area contributed by atoms with Gasteiger partial charge in [0.2, 0.25) is 5.95 Å². The normalized spacial score (nSPS) is 11.2. The van der Waals surface area contributed by atoms with Crippen molar-refractivity contribution in [3.05, 3.63) is 82.3 Å². The summed E-state index contributed by atoms with van der Waals surface area (Å²) in [6.45, 7) is 8.09. The fraction of sp³-hybridized carbons (Fsp3) is 0.148. The van der Waals surface area contributed by atoms with Gasteiger partial charge in [-0.3, -0.25) is 4.57 Å². The van der Waals surface area contributed by atoms with Crippen molar-refractivity contribution in [1.82, 2.24) is 19.5 Å². The summed E-state index contributed by atoms with van der Waals surface area (Å²) in [4.78, 5) is 13.7. The van der Waals surface area contributed by atoms with Gasteiger partial charge in [-0.2, -0.15) is 15.5 Å². The molecule has 7 nitrogen and oxygen atoms in total. The van der Waals surface area contributed by atoms with E-state index in [0.29, 0.717) is 17.1 Å². The van der Waals surface area contributed by atoms with Gasteiger partial charge in [-0.1, -0.05) is 0 Å². The van der Waals surface area contributed by atoms with E-state index in [-0.39, 0.29) is 0 Å². The van der Waals surface area contributed by atoms with Gasteiger partial charge in [0, 0.05) is 17.8 Å². The molecule has 2 aromatic carbocycles. The fourth-order valence-electron chi connectivity index (χ4n) is 4.17. The largest absolute Gasteiger partial charge is 0.324 e. The van der Waals surface area contributed by atoms with Crippen LogP contribution in [0.25, 0.3) is 29.0 Å². The van der Waals surface area contributed by atoms with Gasteiger partial charge in [0.1, 0.15) is 11.8 Å². The highest BCUT2D eigenvalue weighted by Crippen LogP contribution is 2.28. The minimum atomic E-state index is 0.477. The third-order valence-electron chi connectivity index (χ3n) is 5.54. The maximum atomic E-state index is 8.82. The number of imidazole rings is 1. The summed E-state index contributed by atoms with van der Waals surface area (Å²) in [5, 5.41) is 21.0. The Kier molecular flexibility index (Phi) is 6.20. The molecule has 0 aliphatic carbocycles. The number of anilines is 2. The number of fused-ring (bicyclic) bond motifs is 1. The standard InChI is InChI=1S/C27H23N7/c1-17-11-21(7-5-9-28)12-18(2)24(17)32-27-30-15-23-26(33-27)34(16-31-23)25-19(3)13-22(8-6-10-29)14-20(25)4/h5-8,11-16H,1-4H3,(H,30,32,33)/b7-5+,8-6+. The van der Waals surface area contributed by atoms with E-state index in [2.05, 4.69) is 15.3 Å².